The highest BCUT2D eigenvalue weighted by atomic mass is 79.9. The Labute approximate surface area is 128 Å². The fourth-order valence-corrected chi connectivity index (χ4v) is 3.21. The molecule has 2 aromatic rings. The van der Waals surface area contributed by atoms with E-state index in [-0.39, 0.29) is 16.3 Å². The molecule has 0 unspecified atom stereocenters. The fourth-order valence-electron chi connectivity index (χ4n) is 1.52. The predicted molar refractivity (Wildman–Crippen MR) is 77.4 cm³/mol. The van der Waals surface area contributed by atoms with Crippen molar-refractivity contribution in [1.82, 2.24) is 4.98 Å². The topological polar surface area (TPSA) is 123 Å². The molecule has 0 atom stereocenters. The first-order chi connectivity index (χ1) is 9.83. The molecule has 1 aromatic carbocycles. The molecular formula is C12H8BrN3O4S. The molecule has 1 aromatic heterocycles. The number of benzene rings is 1. The van der Waals surface area contributed by atoms with Gasteiger partial charge in [0.1, 0.15) is 10.6 Å². The number of hydrogen-bond donors (Lipinski definition) is 3. The quantitative estimate of drug-likeness (QED) is 0.761. The minimum atomic E-state index is -3.93. The number of carbonyl (C=O) groups is 1. The minimum Gasteiger partial charge on any atom is -0.477 e. The second kappa shape index (κ2) is 5.59. The molecule has 7 nitrogen and oxygen atoms in total. The third kappa shape index (κ3) is 3.24. The Balaban J connectivity index is 2.33. The van der Waals surface area contributed by atoms with Gasteiger partial charge in [0.2, 0.25) is 0 Å². The van der Waals surface area contributed by atoms with E-state index in [0.29, 0.717) is 10.0 Å². The average Bonchev–Trinajstić information content (AvgIpc) is 2.91. The van der Waals surface area contributed by atoms with E-state index in [4.69, 9.17) is 10.4 Å². The number of nitriles is 1. The van der Waals surface area contributed by atoms with Gasteiger partial charge in [-0.05, 0) is 40.2 Å². The first-order valence-electron chi connectivity index (χ1n) is 5.47. The molecule has 9 heteroatoms. The number of aromatic amines is 1. The van der Waals surface area contributed by atoms with Gasteiger partial charge in [-0.2, -0.15) is 5.26 Å². The van der Waals surface area contributed by atoms with Gasteiger partial charge in [0.05, 0.1) is 17.3 Å². The first kappa shape index (κ1) is 15.1. The van der Waals surface area contributed by atoms with E-state index in [1.54, 1.807) is 0 Å². The van der Waals surface area contributed by atoms with E-state index in [9.17, 15) is 13.2 Å². The van der Waals surface area contributed by atoms with Crippen LogP contribution in [0.3, 0.4) is 0 Å². The summed E-state index contributed by atoms with van der Waals surface area (Å²) in [6, 6.07) is 7.31. The highest BCUT2D eigenvalue weighted by Crippen LogP contribution is 2.26. The molecule has 0 spiro atoms. The zero-order valence-electron chi connectivity index (χ0n) is 10.3. The highest BCUT2D eigenvalue weighted by molar-refractivity contribution is 9.10. The van der Waals surface area contributed by atoms with Crippen LogP contribution in [0.1, 0.15) is 16.1 Å². The maximum Gasteiger partial charge on any atom is 0.352 e. The van der Waals surface area contributed by atoms with Crippen molar-refractivity contribution in [1.29, 1.82) is 5.26 Å². The van der Waals surface area contributed by atoms with E-state index in [1.165, 1.54) is 18.2 Å². The van der Waals surface area contributed by atoms with Gasteiger partial charge in [0.25, 0.3) is 10.0 Å². The van der Waals surface area contributed by atoms with Crippen LogP contribution in [0, 0.1) is 11.3 Å². The number of H-pyrrole nitrogens is 1. The zero-order valence-corrected chi connectivity index (χ0v) is 12.7. The SMILES string of the molecule is N#Cc1ccc(NS(=O)(=O)c2c[nH]c(C(=O)O)c2)c(Br)c1. The summed E-state index contributed by atoms with van der Waals surface area (Å²) in [6.07, 6.45) is 1.09. The summed E-state index contributed by atoms with van der Waals surface area (Å²) in [5, 5.41) is 17.5. The lowest BCUT2D eigenvalue weighted by Gasteiger charge is -2.08. The average molecular weight is 370 g/mol. The van der Waals surface area contributed by atoms with Crippen molar-refractivity contribution < 1.29 is 18.3 Å². The second-order valence-electron chi connectivity index (χ2n) is 3.97. The molecule has 0 fully saturated rings. The molecule has 0 aliphatic rings. The monoisotopic (exact) mass is 369 g/mol. The van der Waals surface area contributed by atoms with Crippen LogP contribution < -0.4 is 4.72 Å². The molecule has 0 saturated heterocycles. The number of sulfonamides is 1. The van der Waals surface area contributed by atoms with Gasteiger partial charge in [-0.15, -0.1) is 0 Å². The number of halogens is 1. The van der Waals surface area contributed by atoms with E-state index < -0.39 is 16.0 Å². The van der Waals surface area contributed by atoms with E-state index >= 15 is 0 Å². The van der Waals surface area contributed by atoms with Gasteiger partial charge in [0.15, 0.2) is 0 Å². The van der Waals surface area contributed by atoms with Crippen LogP contribution in [-0.2, 0) is 10.0 Å². The Hall–Kier alpha value is -2.31. The van der Waals surface area contributed by atoms with Crippen LogP contribution in [-0.4, -0.2) is 24.5 Å². The number of nitrogens with one attached hydrogen (secondary N) is 2. The van der Waals surface area contributed by atoms with E-state index in [1.807, 2.05) is 6.07 Å². The van der Waals surface area contributed by atoms with Crippen LogP contribution in [0.15, 0.2) is 39.8 Å². The van der Waals surface area contributed by atoms with Crippen LogP contribution in [0.5, 0.6) is 0 Å². The Kier molecular flexibility index (Phi) is 4.02. The molecule has 2 rings (SSSR count). The molecule has 0 aliphatic carbocycles. The largest absolute Gasteiger partial charge is 0.477 e. The van der Waals surface area contributed by atoms with Crippen molar-refractivity contribution in [2.75, 3.05) is 4.72 Å². The van der Waals surface area contributed by atoms with Crippen molar-refractivity contribution in [2.24, 2.45) is 0 Å². The minimum absolute atomic E-state index is 0.198. The number of hydrogen-bond acceptors (Lipinski definition) is 4. The second-order valence-corrected chi connectivity index (χ2v) is 6.50. The number of anilines is 1. The Morgan fingerprint density at radius 2 is 2.10 bits per heavy atom. The summed E-state index contributed by atoms with van der Waals surface area (Å²) in [6.45, 7) is 0. The van der Waals surface area contributed by atoms with Crippen molar-refractivity contribution in [3.05, 3.63) is 46.2 Å². The predicted octanol–water partition coefficient (Wildman–Crippen LogP) is 2.15. The molecule has 0 amide bonds. The smallest absolute Gasteiger partial charge is 0.352 e. The summed E-state index contributed by atoms with van der Waals surface area (Å²) >= 11 is 3.16. The summed E-state index contributed by atoms with van der Waals surface area (Å²) in [4.78, 5) is 12.9. The lowest BCUT2D eigenvalue weighted by atomic mass is 10.2. The molecule has 0 radical (unpaired) electrons. The van der Waals surface area contributed by atoms with Gasteiger partial charge in [-0.3, -0.25) is 4.72 Å². The number of aromatic carboxylic acids is 1. The number of rotatable bonds is 4. The van der Waals surface area contributed by atoms with Gasteiger partial charge in [0, 0.05) is 10.7 Å². The van der Waals surface area contributed by atoms with Gasteiger partial charge < -0.3 is 10.1 Å². The maximum absolute atomic E-state index is 12.1. The van der Waals surface area contributed by atoms with Gasteiger partial charge in [-0.1, -0.05) is 0 Å². The highest BCUT2D eigenvalue weighted by Gasteiger charge is 2.19. The van der Waals surface area contributed by atoms with Crippen molar-refractivity contribution >= 4 is 37.6 Å². The number of carboxylic acids is 1. The maximum atomic E-state index is 12.1. The molecule has 1 heterocycles. The number of carboxylic acid groups (broad SMARTS) is 1. The molecule has 0 aliphatic heterocycles. The van der Waals surface area contributed by atoms with Crippen molar-refractivity contribution in [3.8, 4) is 6.07 Å². The number of aromatic nitrogens is 1. The third-order valence-corrected chi connectivity index (χ3v) is 4.54. The Morgan fingerprint density at radius 1 is 1.38 bits per heavy atom. The molecule has 0 saturated carbocycles. The van der Waals surface area contributed by atoms with Crippen LogP contribution in [0.2, 0.25) is 0 Å². The Bertz CT molecular complexity index is 852. The summed E-state index contributed by atoms with van der Waals surface area (Å²) in [5.41, 5.74) is 0.390. The van der Waals surface area contributed by atoms with Gasteiger partial charge >= 0.3 is 5.97 Å². The molecule has 0 bridgehead atoms. The standard InChI is InChI=1S/C12H8BrN3O4S/c13-9-3-7(5-14)1-2-10(9)16-21(19,20)8-4-11(12(17)18)15-6-8/h1-4,6,15-16H,(H,17,18). The van der Waals surface area contributed by atoms with Crippen LogP contribution in [0.25, 0.3) is 0 Å². The third-order valence-electron chi connectivity index (χ3n) is 2.54. The van der Waals surface area contributed by atoms with Crippen molar-refractivity contribution in [3.63, 3.8) is 0 Å². The normalized spacial score (nSPS) is 10.9. The molecule has 108 valence electrons. The fraction of sp³-hybridized carbons (Fsp3) is 0. The zero-order chi connectivity index (χ0) is 15.6. The lowest BCUT2D eigenvalue weighted by Crippen LogP contribution is -2.12. The Morgan fingerprint density at radius 3 is 2.62 bits per heavy atom. The summed E-state index contributed by atoms with van der Waals surface area (Å²) in [7, 11) is -3.93. The molecular weight excluding hydrogens is 362 g/mol. The van der Waals surface area contributed by atoms with Crippen LogP contribution >= 0.6 is 15.9 Å². The first-order valence-corrected chi connectivity index (χ1v) is 7.75. The van der Waals surface area contributed by atoms with Crippen molar-refractivity contribution in [2.45, 2.75) is 4.90 Å². The van der Waals surface area contributed by atoms with Gasteiger partial charge in [-0.25, -0.2) is 13.2 Å². The lowest BCUT2D eigenvalue weighted by molar-refractivity contribution is 0.0691. The van der Waals surface area contributed by atoms with Crippen LogP contribution in [0.4, 0.5) is 5.69 Å². The summed E-state index contributed by atoms with van der Waals surface area (Å²) < 4.78 is 27.0. The molecule has 3 N–H and O–H groups in total. The summed E-state index contributed by atoms with van der Waals surface area (Å²) in [5.74, 6) is -1.25. The van der Waals surface area contributed by atoms with E-state index in [0.717, 1.165) is 12.3 Å². The molecule has 21 heavy (non-hydrogen) atoms. The van der Waals surface area contributed by atoms with E-state index in [2.05, 4.69) is 25.6 Å². The number of nitrogens with zero attached hydrogens (tertiary/aromatic N) is 1.